The molecule has 1 aliphatic rings. The van der Waals surface area contributed by atoms with Crippen molar-refractivity contribution in [3.63, 3.8) is 0 Å². The highest BCUT2D eigenvalue weighted by Gasteiger charge is 2.28. The second-order valence-electron chi connectivity index (χ2n) is 6.77. The molecule has 7 heteroatoms. The fourth-order valence-corrected chi connectivity index (χ4v) is 4.90. The molecule has 0 radical (unpaired) electrons. The summed E-state index contributed by atoms with van der Waals surface area (Å²) in [5.74, 6) is -0.244. The van der Waals surface area contributed by atoms with E-state index in [0.29, 0.717) is 19.6 Å². The van der Waals surface area contributed by atoms with Gasteiger partial charge in [0.2, 0.25) is 10.0 Å². The molecule has 144 valence electrons. The Bertz CT molecular complexity index is 910. The lowest BCUT2D eigenvalue weighted by molar-refractivity contribution is 0.0951. The van der Waals surface area contributed by atoms with E-state index in [9.17, 15) is 13.2 Å². The normalized spacial score (nSPS) is 16.2. The summed E-state index contributed by atoms with van der Waals surface area (Å²) in [6.45, 7) is 3.48. The van der Waals surface area contributed by atoms with Gasteiger partial charge < -0.3 is 5.32 Å². The first kappa shape index (κ1) is 19.9. The highest BCUT2D eigenvalue weighted by molar-refractivity contribution is 7.89. The first-order valence-electron chi connectivity index (χ1n) is 9.02. The van der Waals surface area contributed by atoms with E-state index in [1.807, 2.05) is 37.3 Å². The van der Waals surface area contributed by atoms with Crippen molar-refractivity contribution in [1.82, 2.24) is 9.62 Å². The SMILES string of the molecule is C[C@H](CNC(=O)c1cc(S(=O)(=O)N2CCCC2)ccc1Cl)c1ccccc1. The van der Waals surface area contributed by atoms with Crippen molar-refractivity contribution < 1.29 is 13.2 Å². The van der Waals surface area contributed by atoms with Gasteiger partial charge in [0.1, 0.15) is 0 Å². The van der Waals surface area contributed by atoms with E-state index in [4.69, 9.17) is 11.6 Å². The van der Waals surface area contributed by atoms with Crippen LogP contribution in [0.1, 0.15) is 41.6 Å². The quantitative estimate of drug-likeness (QED) is 0.796. The molecule has 0 unspecified atom stereocenters. The van der Waals surface area contributed by atoms with E-state index < -0.39 is 10.0 Å². The fourth-order valence-electron chi connectivity index (χ4n) is 3.16. The fraction of sp³-hybridized carbons (Fsp3) is 0.350. The molecule has 0 bridgehead atoms. The Morgan fingerprint density at radius 3 is 2.48 bits per heavy atom. The van der Waals surface area contributed by atoms with Crippen molar-refractivity contribution in [3.8, 4) is 0 Å². The molecule has 0 saturated carbocycles. The van der Waals surface area contributed by atoms with Crippen molar-refractivity contribution in [2.75, 3.05) is 19.6 Å². The summed E-state index contributed by atoms with van der Waals surface area (Å²) >= 11 is 6.16. The molecule has 1 saturated heterocycles. The molecule has 1 fully saturated rings. The maximum Gasteiger partial charge on any atom is 0.252 e. The van der Waals surface area contributed by atoms with Crippen molar-refractivity contribution in [2.24, 2.45) is 0 Å². The highest BCUT2D eigenvalue weighted by Crippen LogP contribution is 2.25. The van der Waals surface area contributed by atoms with Crippen LogP contribution in [0.15, 0.2) is 53.4 Å². The molecular weight excluding hydrogens is 384 g/mol. The van der Waals surface area contributed by atoms with Crippen LogP contribution in [-0.4, -0.2) is 38.3 Å². The minimum Gasteiger partial charge on any atom is -0.351 e. The average Bonchev–Trinajstić information content (AvgIpc) is 3.22. The molecule has 1 atom stereocenters. The summed E-state index contributed by atoms with van der Waals surface area (Å²) in [6.07, 6.45) is 1.72. The Kier molecular flexibility index (Phi) is 6.19. The zero-order chi connectivity index (χ0) is 19.4. The van der Waals surface area contributed by atoms with E-state index in [1.54, 1.807) is 0 Å². The van der Waals surface area contributed by atoms with Crippen LogP contribution in [0.3, 0.4) is 0 Å². The Morgan fingerprint density at radius 2 is 1.81 bits per heavy atom. The molecule has 1 aliphatic heterocycles. The number of rotatable bonds is 6. The van der Waals surface area contributed by atoms with Crippen molar-refractivity contribution >= 4 is 27.5 Å². The first-order chi connectivity index (χ1) is 12.9. The van der Waals surface area contributed by atoms with E-state index in [2.05, 4.69) is 5.32 Å². The molecule has 1 N–H and O–H groups in total. The minimum absolute atomic E-state index is 0.107. The third-order valence-electron chi connectivity index (χ3n) is 4.82. The number of nitrogens with zero attached hydrogens (tertiary/aromatic N) is 1. The maximum absolute atomic E-state index is 12.7. The van der Waals surface area contributed by atoms with E-state index >= 15 is 0 Å². The van der Waals surface area contributed by atoms with Crippen LogP contribution in [0.25, 0.3) is 0 Å². The molecule has 3 rings (SSSR count). The van der Waals surface area contributed by atoms with Crippen molar-refractivity contribution in [1.29, 1.82) is 0 Å². The second-order valence-corrected chi connectivity index (χ2v) is 9.12. The van der Waals surface area contributed by atoms with Gasteiger partial charge in [-0.25, -0.2) is 8.42 Å². The van der Waals surface area contributed by atoms with Crippen LogP contribution >= 0.6 is 11.6 Å². The lowest BCUT2D eigenvalue weighted by atomic mass is 10.0. The predicted octanol–water partition coefficient (Wildman–Crippen LogP) is 3.66. The largest absolute Gasteiger partial charge is 0.351 e. The molecular formula is C20H23ClN2O3S. The number of amides is 1. The molecule has 1 heterocycles. The van der Waals surface area contributed by atoms with Gasteiger partial charge in [-0.3, -0.25) is 4.79 Å². The van der Waals surface area contributed by atoms with Crippen LogP contribution < -0.4 is 5.32 Å². The average molecular weight is 407 g/mol. The van der Waals surface area contributed by atoms with Gasteiger partial charge in [-0.1, -0.05) is 48.9 Å². The zero-order valence-corrected chi connectivity index (χ0v) is 16.8. The molecule has 5 nitrogen and oxygen atoms in total. The predicted molar refractivity (Wildman–Crippen MR) is 107 cm³/mol. The van der Waals surface area contributed by atoms with Gasteiger partial charge in [-0.05, 0) is 42.5 Å². The highest BCUT2D eigenvalue weighted by atomic mass is 35.5. The third-order valence-corrected chi connectivity index (χ3v) is 7.05. The standard InChI is InChI=1S/C20H23ClN2O3S/c1-15(16-7-3-2-4-8-16)14-22-20(24)18-13-17(9-10-19(18)21)27(25,26)23-11-5-6-12-23/h2-4,7-10,13,15H,5-6,11-12,14H2,1H3,(H,22,24)/t15-/m1/s1. The van der Waals surface area contributed by atoms with E-state index in [1.165, 1.54) is 22.5 Å². The van der Waals surface area contributed by atoms with Crippen molar-refractivity contribution in [3.05, 3.63) is 64.7 Å². The van der Waals surface area contributed by atoms with Crippen LogP contribution in [0.5, 0.6) is 0 Å². The summed E-state index contributed by atoms with van der Waals surface area (Å²) < 4.78 is 26.9. The van der Waals surface area contributed by atoms with Crippen LogP contribution in [0.4, 0.5) is 0 Å². The number of carbonyl (C=O) groups excluding carboxylic acids is 1. The van der Waals surface area contributed by atoms with Gasteiger partial charge in [0.15, 0.2) is 0 Å². The van der Waals surface area contributed by atoms with Crippen LogP contribution in [-0.2, 0) is 10.0 Å². The number of sulfonamides is 1. The number of carbonyl (C=O) groups is 1. The molecule has 2 aromatic rings. The third kappa shape index (κ3) is 4.51. The van der Waals surface area contributed by atoms with Crippen LogP contribution in [0, 0.1) is 0 Å². The molecule has 27 heavy (non-hydrogen) atoms. The maximum atomic E-state index is 12.7. The van der Waals surface area contributed by atoms with Gasteiger partial charge >= 0.3 is 0 Å². The summed E-state index contributed by atoms with van der Waals surface area (Å²) in [7, 11) is -3.59. The van der Waals surface area contributed by atoms with E-state index in [0.717, 1.165) is 18.4 Å². The van der Waals surface area contributed by atoms with E-state index in [-0.39, 0.29) is 27.3 Å². The van der Waals surface area contributed by atoms with Gasteiger partial charge in [0.25, 0.3) is 5.91 Å². The molecule has 0 aliphatic carbocycles. The number of hydrogen-bond acceptors (Lipinski definition) is 3. The van der Waals surface area contributed by atoms with Crippen molar-refractivity contribution in [2.45, 2.75) is 30.6 Å². The number of benzene rings is 2. The lowest BCUT2D eigenvalue weighted by Gasteiger charge is -2.17. The number of halogens is 1. The molecule has 0 aromatic heterocycles. The molecule has 2 aromatic carbocycles. The smallest absolute Gasteiger partial charge is 0.252 e. The topological polar surface area (TPSA) is 66.5 Å². The summed E-state index contributed by atoms with van der Waals surface area (Å²) in [4.78, 5) is 12.7. The molecule has 0 spiro atoms. The zero-order valence-electron chi connectivity index (χ0n) is 15.2. The van der Waals surface area contributed by atoms with Gasteiger partial charge in [0.05, 0.1) is 15.5 Å². The Hall–Kier alpha value is -1.89. The Labute approximate surface area is 165 Å². The second kappa shape index (κ2) is 8.42. The summed E-state index contributed by atoms with van der Waals surface area (Å²) in [6, 6.07) is 14.2. The summed E-state index contributed by atoms with van der Waals surface area (Å²) in [5, 5.41) is 3.09. The first-order valence-corrected chi connectivity index (χ1v) is 10.8. The summed E-state index contributed by atoms with van der Waals surface area (Å²) in [5.41, 5.74) is 1.30. The minimum atomic E-state index is -3.59. The van der Waals surface area contributed by atoms with Crippen LogP contribution in [0.2, 0.25) is 5.02 Å². The number of nitrogens with one attached hydrogen (secondary N) is 1. The lowest BCUT2D eigenvalue weighted by Crippen LogP contribution is -2.30. The monoisotopic (exact) mass is 406 g/mol. The van der Waals surface area contributed by atoms with Gasteiger partial charge in [-0.15, -0.1) is 0 Å². The van der Waals surface area contributed by atoms with Gasteiger partial charge in [0, 0.05) is 19.6 Å². The Balaban J connectivity index is 1.75. The molecule has 1 amide bonds. The number of hydrogen-bond donors (Lipinski definition) is 1. The van der Waals surface area contributed by atoms with Gasteiger partial charge in [-0.2, -0.15) is 4.31 Å². The Morgan fingerprint density at radius 1 is 1.15 bits per heavy atom.